The summed E-state index contributed by atoms with van der Waals surface area (Å²) >= 11 is 0. The van der Waals surface area contributed by atoms with E-state index in [1.807, 2.05) is 0 Å². The Hall–Kier alpha value is -7.16. The van der Waals surface area contributed by atoms with Crippen LogP contribution in [0.4, 0.5) is 17.1 Å². The lowest BCUT2D eigenvalue weighted by Gasteiger charge is -2.28. The molecule has 9 aromatic carbocycles. The van der Waals surface area contributed by atoms with Gasteiger partial charge >= 0.3 is 0 Å². The number of hydrogen-bond donors (Lipinski definition) is 0. The fraction of sp³-hybridized carbons (Fsp3) is 0. The van der Waals surface area contributed by atoms with E-state index < -0.39 is 306 Å². The van der Waals surface area contributed by atoms with Crippen molar-refractivity contribution in [1.82, 2.24) is 0 Å². The number of fused-ring (bicyclic) bond motifs is 6. The highest BCUT2D eigenvalue weighted by molar-refractivity contribution is 6.02. The number of benzene rings is 9. The Morgan fingerprint density at radius 2 is 0.778 bits per heavy atom. The summed E-state index contributed by atoms with van der Waals surface area (Å²) in [5, 5.41) is -1.58. The maximum Gasteiger partial charge on any atom is 0.159 e. The second-order valence-corrected chi connectivity index (χ2v) is 11.0. The first-order valence-electron chi connectivity index (χ1n) is 33.1. The van der Waals surface area contributed by atoms with Crippen LogP contribution in [0.1, 0.15) is 48.0 Å². The van der Waals surface area contributed by atoms with Gasteiger partial charge in [-0.2, -0.15) is 0 Å². The lowest BCUT2D eigenvalue weighted by atomic mass is 9.90. The molecule has 0 bridgehead atoms. The van der Waals surface area contributed by atoms with Gasteiger partial charge in [0.2, 0.25) is 0 Å². The molecule has 0 fully saturated rings. The number of rotatable bonds is 6. The third-order valence-corrected chi connectivity index (χ3v) is 7.87. The monoisotopic (exact) mass is 724 g/mol. The molecule has 0 atom stereocenters. The van der Waals surface area contributed by atoms with Gasteiger partial charge in [-0.05, 0) is 110 Å². The first-order chi connectivity index (χ1) is 41.4. The maximum atomic E-state index is 9.94. The van der Waals surface area contributed by atoms with E-state index in [0.29, 0.717) is 0 Å². The van der Waals surface area contributed by atoms with Crippen molar-refractivity contribution in [3.8, 4) is 67.1 Å². The van der Waals surface area contributed by atoms with Crippen molar-refractivity contribution in [2.24, 2.45) is 0 Å². The molecule has 1 aliphatic rings. The van der Waals surface area contributed by atoms with Crippen LogP contribution in [0.5, 0.6) is 11.5 Å². The molecule has 2 nitrogen and oxygen atoms in total. The molecule has 0 radical (unpaired) electrons. The summed E-state index contributed by atoms with van der Waals surface area (Å²) in [5.41, 5.74) is -13.3. The Bertz CT molecular complexity index is 4540. The largest absolute Gasteiger partial charge is 0.454 e. The van der Waals surface area contributed by atoms with Crippen LogP contribution in [-0.4, -0.2) is 0 Å². The van der Waals surface area contributed by atoms with Gasteiger partial charge in [-0.15, -0.1) is 0 Å². The highest BCUT2D eigenvalue weighted by atomic mass is 16.5. The van der Waals surface area contributed by atoms with E-state index in [0.717, 1.165) is 0 Å². The Balaban J connectivity index is 1.49. The van der Waals surface area contributed by atoms with Gasteiger partial charge in [-0.1, -0.05) is 157 Å². The van der Waals surface area contributed by atoms with Gasteiger partial charge in [0.05, 0.1) is 53.7 Å². The van der Waals surface area contributed by atoms with Crippen LogP contribution in [0.25, 0.3) is 66.4 Å². The van der Waals surface area contributed by atoms with Crippen molar-refractivity contribution in [3.63, 3.8) is 0 Å². The first kappa shape index (κ1) is 11.9. The van der Waals surface area contributed by atoms with Crippen LogP contribution < -0.4 is 9.64 Å². The maximum absolute atomic E-state index is 9.94. The summed E-state index contributed by atoms with van der Waals surface area (Å²) in [6.07, 6.45) is 0. The highest BCUT2D eigenvalue weighted by Gasteiger charge is 2.27. The Kier molecular flexibility index (Phi) is 2.97. The van der Waals surface area contributed by atoms with Gasteiger partial charge in [-0.25, -0.2) is 0 Å². The molecule has 0 aromatic heterocycles. The molecule has 1 heterocycles. The van der Waals surface area contributed by atoms with Crippen molar-refractivity contribution in [1.29, 1.82) is 0 Å². The zero-order valence-electron chi connectivity index (χ0n) is 61.9. The van der Waals surface area contributed by atoms with Crippen LogP contribution in [0.2, 0.25) is 0 Å². The molecule has 0 N–H and O–H groups in total. The van der Waals surface area contributed by atoms with E-state index in [-0.39, 0.29) is 4.90 Å². The number of ether oxygens (including phenoxy) is 1. The lowest BCUT2D eigenvalue weighted by Crippen LogP contribution is -2.11. The van der Waals surface area contributed by atoms with Gasteiger partial charge in [0.15, 0.2) is 5.75 Å². The number of hydrogen-bond acceptors (Lipinski definition) is 2. The molecule has 54 heavy (non-hydrogen) atoms. The van der Waals surface area contributed by atoms with Crippen LogP contribution >= 0.6 is 0 Å². The second-order valence-electron chi connectivity index (χ2n) is 11.0. The van der Waals surface area contributed by atoms with Crippen LogP contribution in [0, 0.1) is 0 Å². The molecule has 0 aliphatic carbocycles. The minimum absolute atomic E-state index is 0.245. The second kappa shape index (κ2) is 13.4. The molecule has 0 spiro atoms. The van der Waals surface area contributed by atoms with E-state index in [1.54, 1.807) is 0 Å². The molecule has 9 aromatic rings. The SMILES string of the molecule is [2H]c1c([2H])c([2H])c(-c2c([2H])c([2H])c(N(c3c([2H])c([2H])c(-c4c([2H])c([2H])c([2H])c([2H])c4[2H])c([2H])c3[2H])c3c([2H])c([2H])c([2H])c4c3Oc3c([2H])c([2H])c(-c5c([2H])c([2H])c([2H])c([2H])c5[2H])c([2H])c3-c3c-4c([2H])c4c([2H])c([2H])c([2H])c([2H])c4c3[2H])c([2H])c2[2H])c([2H])c1[2H]. The summed E-state index contributed by atoms with van der Waals surface area (Å²) in [7, 11) is 0. The van der Waals surface area contributed by atoms with Crippen LogP contribution in [0.3, 0.4) is 0 Å². The molecular formula is C52H35NO. The fourth-order valence-corrected chi connectivity index (χ4v) is 5.49. The van der Waals surface area contributed by atoms with Crippen molar-refractivity contribution < 1.29 is 52.7 Å². The van der Waals surface area contributed by atoms with Crippen molar-refractivity contribution in [2.75, 3.05) is 4.90 Å². The molecule has 0 unspecified atom stereocenters. The zero-order valence-corrected chi connectivity index (χ0v) is 26.9. The van der Waals surface area contributed by atoms with E-state index in [4.69, 9.17) is 30.8 Å². The Morgan fingerprint density at radius 1 is 0.333 bits per heavy atom. The Morgan fingerprint density at radius 3 is 1.31 bits per heavy atom. The molecular weight excluding hydrogens is 655 g/mol. The average molecular weight is 725 g/mol. The molecule has 2 heteroatoms. The Labute approximate surface area is 365 Å². The third kappa shape index (κ3) is 5.71. The lowest BCUT2D eigenvalue weighted by molar-refractivity contribution is 0.489. The predicted octanol–water partition coefficient (Wildman–Crippen LogP) is 14.8. The molecule has 0 saturated carbocycles. The van der Waals surface area contributed by atoms with Gasteiger partial charge < -0.3 is 9.64 Å². The van der Waals surface area contributed by atoms with Crippen molar-refractivity contribution >= 4 is 27.8 Å². The first-order valence-corrected chi connectivity index (χ1v) is 15.6. The molecule has 1 aliphatic heterocycles. The minimum atomic E-state index is -1.38. The summed E-state index contributed by atoms with van der Waals surface area (Å²) in [4.78, 5) is 0.245. The number of para-hydroxylation sites is 1. The van der Waals surface area contributed by atoms with Crippen molar-refractivity contribution in [3.05, 3.63) is 211 Å². The van der Waals surface area contributed by atoms with E-state index in [1.165, 1.54) is 0 Å². The smallest absolute Gasteiger partial charge is 0.159 e. The van der Waals surface area contributed by atoms with E-state index in [9.17, 15) is 21.9 Å². The highest BCUT2D eigenvalue weighted by Crippen LogP contribution is 2.54. The number of anilines is 3. The minimum Gasteiger partial charge on any atom is -0.454 e. The summed E-state index contributed by atoms with van der Waals surface area (Å²) in [6.45, 7) is 0. The average Bonchev–Trinajstić information content (AvgIpc) is 1.69. The summed E-state index contributed by atoms with van der Waals surface area (Å²) in [5.74, 6) is -2.39. The van der Waals surface area contributed by atoms with E-state index in [2.05, 4.69) is 0 Å². The number of nitrogens with zero attached hydrogens (tertiary/aromatic N) is 1. The topological polar surface area (TPSA) is 12.5 Å². The summed E-state index contributed by atoms with van der Waals surface area (Å²) in [6, 6.07) is -39.4. The van der Waals surface area contributed by atoms with Crippen molar-refractivity contribution in [2.45, 2.75) is 0 Å². The van der Waals surface area contributed by atoms with Crippen LogP contribution in [0.15, 0.2) is 211 Å². The summed E-state index contributed by atoms with van der Waals surface area (Å²) < 4.78 is 324. The molecule has 10 rings (SSSR count). The van der Waals surface area contributed by atoms with Crippen LogP contribution in [-0.2, 0) is 0 Å². The molecule has 0 amide bonds. The third-order valence-electron chi connectivity index (χ3n) is 7.87. The van der Waals surface area contributed by atoms with E-state index >= 15 is 0 Å². The fourth-order valence-electron chi connectivity index (χ4n) is 5.49. The molecule has 254 valence electrons. The van der Waals surface area contributed by atoms with Gasteiger partial charge in [0.1, 0.15) is 5.75 Å². The predicted molar refractivity (Wildman–Crippen MR) is 226 cm³/mol. The zero-order chi connectivity index (χ0) is 66.3. The van der Waals surface area contributed by atoms with Gasteiger partial charge in [-0.3, -0.25) is 0 Å². The standard InChI is InChI=1S/C52H35NO/c1-4-13-36(14-5-1)39-23-28-44(29-24-39)53(45-30-25-40(26-31-45)37-15-6-2-7-16-37)50-22-12-21-46-47-33-41-19-10-11-20-42(41)34-48(47)49-35-43(38-17-8-3-9-18-38)27-32-51(49)54-52(46)50/h1-35H/i1D,2D,3D,4D,5D,6D,7D,8D,9D,10D,11D,12D,13D,14D,15D,16D,17D,18D,19D,20D,21D,22D,23D,24D,25D,26D,27D,28D,29D,30D,31D,32D,33D,34D,35D. The van der Waals surface area contributed by atoms with Gasteiger partial charge in [0, 0.05) is 22.5 Å². The normalized spacial score (nSPS) is 20.6. The van der Waals surface area contributed by atoms with Gasteiger partial charge in [0.25, 0.3) is 0 Å². The quantitative estimate of drug-likeness (QED) is 0.169. The molecule has 0 saturated heterocycles.